The molecular formula is C32H54N8O2S. The Kier molecular flexibility index (Phi) is 27.2. The lowest BCUT2D eigenvalue weighted by atomic mass is 10.1. The van der Waals surface area contributed by atoms with Gasteiger partial charge >= 0.3 is 0 Å². The van der Waals surface area contributed by atoms with Gasteiger partial charge in [-0.05, 0) is 69.0 Å². The van der Waals surface area contributed by atoms with Gasteiger partial charge in [0.2, 0.25) is 11.0 Å². The molecule has 10 nitrogen and oxygen atoms in total. The minimum absolute atomic E-state index is 0.102. The summed E-state index contributed by atoms with van der Waals surface area (Å²) in [5.41, 5.74) is 25.7. The van der Waals surface area contributed by atoms with Crippen LogP contribution in [0.3, 0.4) is 0 Å². The average Bonchev–Trinajstić information content (AvgIpc) is 3.47. The highest BCUT2D eigenvalue weighted by molar-refractivity contribution is 7.15. The Bertz CT molecular complexity index is 1130. The Morgan fingerprint density at radius 2 is 1.74 bits per heavy atom. The third-order valence-corrected chi connectivity index (χ3v) is 6.43. The van der Waals surface area contributed by atoms with Gasteiger partial charge < -0.3 is 38.4 Å². The van der Waals surface area contributed by atoms with E-state index in [2.05, 4.69) is 33.1 Å². The maximum absolute atomic E-state index is 12.3. The molecule has 0 atom stereocenters. The molecule has 0 saturated heterocycles. The molecule has 1 aromatic carbocycles. The van der Waals surface area contributed by atoms with Gasteiger partial charge in [-0.2, -0.15) is 0 Å². The van der Waals surface area contributed by atoms with Gasteiger partial charge in [0.05, 0.1) is 12.2 Å². The zero-order valence-corrected chi connectivity index (χ0v) is 27.5. The second-order valence-corrected chi connectivity index (χ2v) is 9.75. The van der Waals surface area contributed by atoms with Crippen molar-refractivity contribution >= 4 is 28.7 Å². The zero-order valence-electron chi connectivity index (χ0n) is 26.7. The van der Waals surface area contributed by atoms with Crippen LogP contribution in [0.5, 0.6) is 0 Å². The van der Waals surface area contributed by atoms with Crippen LogP contribution in [0.25, 0.3) is 0 Å². The summed E-state index contributed by atoms with van der Waals surface area (Å²) in [6.07, 6.45) is 14.1. The first-order valence-corrected chi connectivity index (χ1v) is 15.5. The molecule has 0 unspecified atom stereocenters. The van der Waals surface area contributed by atoms with E-state index in [9.17, 15) is 9.59 Å². The van der Waals surface area contributed by atoms with E-state index in [0.29, 0.717) is 30.3 Å². The lowest BCUT2D eigenvalue weighted by Gasteiger charge is -2.04. The summed E-state index contributed by atoms with van der Waals surface area (Å²) in [6, 6.07) is 7.92. The zero-order chi connectivity index (χ0) is 32.9. The van der Waals surface area contributed by atoms with Gasteiger partial charge in [0.15, 0.2) is 0 Å². The highest BCUT2D eigenvalue weighted by Gasteiger charge is 2.09. The number of benzene rings is 1. The Hall–Kier alpha value is -3.80. The van der Waals surface area contributed by atoms with Crippen LogP contribution in [0, 0.1) is 0 Å². The summed E-state index contributed by atoms with van der Waals surface area (Å²) in [6.45, 7) is 10.2. The van der Waals surface area contributed by atoms with E-state index < -0.39 is 0 Å². The predicted molar refractivity (Wildman–Crippen MR) is 183 cm³/mol. The quantitative estimate of drug-likeness (QED) is 0.0899. The lowest BCUT2D eigenvalue weighted by molar-refractivity contribution is -0.115. The molecule has 0 aliphatic rings. The van der Waals surface area contributed by atoms with Crippen molar-refractivity contribution in [1.29, 1.82) is 0 Å². The average molecular weight is 615 g/mol. The molecule has 0 bridgehead atoms. The second-order valence-electron chi connectivity index (χ2n) is 8.69. The Balaban J connectivity index is 0. The molecular weight excluding hydrogens is 560 g/mol. The van der Waals surface area contributed by atoms with E-state index in [-0.39, 0.29) is 5.91 Å². The number of anilines is 1. The first kappa shape index (κ1) is 41.3. The third kappa shape index (κ3) is 21.5. The fourth-order valence-electron chi connectivity index (χ4n) is 3.39. The molecule has 2 aromatic rings. The number of nitrogens with two attached hydrogens (primary N) is 4. The summed E-state index contributed by atoms with van der Waals surface area (Å²) in [5.74, 6) is 0.471. The topological polar surface area (TPSA) is 188 Å². The first-order chi connectivity index (χ1) is 20.8. The van der Waals surface area contributed by atoms with Crippen molar-refractivity contribution in [3.63, 3.8) is 0 Å². The van der Waals surface area contributed by atoms with Crippen LogP contribution in [-0.2, 0) is 28.9 Å². The number of amides is 1. The number of allylic oxidation sites excluding steroid dienone is 6. The molecule has 0 spiro atoms. The number of carbonyl (C=O) groups excluding carboxylic acids is 2. The Morgan fingerprint density at radius 1 is 1.05 bits per heavy atom. The van der Waals surface area contributed by atoms with Gasteiger partial charge in [-0.15, -0.1) is 10.2 Å². The number of aromatic nitrogens is 2. The molecule has 0 radical (unpaired) electrons. The molecule has 10 N–H and O–H groups in total. The number of carbonyl (C=O) groups is 2. The van der Waals surface area contributed by atoms with E-state index >= 15 is 0 Å². The Labute approximate surface area is 262 Å². The minimum atomic E-state index is -0.102. The van der Waals surface area contributed by atoms with E-state index in [1.165, 1.54) is 18.4 Å². The maximum atomic E-state index is 12.3. The first-order valence-electron chi connectivity index (χ1n) is 14.7. The van der Waals surface area contributed by atoms with Crippen molar-refractivity contribution in [3.05, 3.63) is 88.4 Å². The molecule has 0 aliphatic carbocycles. The molecule has 1 heterocycles. The number of aryl methyl sites for hydroxylation is 1. The van der Waals surface area contributed by atoms with Gasteiger partial charge in [0, 0.05) is 25.6 Å². The molecule has 43 heavy (non-hydrogen) atoms. The van der Waals surface area contributed by atoms with Crippen LogP contribution >= 0.6 is 11.3 Å². The molecule has 2 rings (SSSR count). The normalized spacial score (nSPS) is 11.0. The predicted octanol–water partition coefficient (Wildman–Crippen LogP) is 4.49. The number of hydrogen-bond donors (Lipinski definition) is 6. The summed E-state index contributed by atoms with van der Waals surface area (Å²) < 4.78 is 0. The highest BCUT2D eigenvalue weighted by atomic mass is 32.1. The van der Waals surface area contributed by atoms with Gasteiger partial charge in [-0.1, -0.05) is 80.7 Å². The highest BCUT2D eigenvalue weighted by Crippen LogP contribution is 2.18. The van der Waals surface area contributed by atoms with Gasteiger partial charge in [0.25, 0.3) is 0 Å². The van der Waals surface area contributed by atoms with Crippen LogP contribution in [-0.4, -0.2) is 43.0 Å². The van der Waals surface area contributed by atoms with Gasteiger partial charge in [-0.3, -0.25) is 4.79 Å². The standard InChI is InChI=1S/C21H31N7OS.C8H12O.C2H6.CH5N/c1-25-18(24)10-9-17(23)7-2-3-8-20-27-28-21(30-20)26-19(29)14-16-6-4-5-15(13-16)11-12-22;1-3-5-8(4-2)6-7-9;2*1-2/h4-6,9-10,13,25H,2-3,7-8,11-12,14,22-24H2,1H3,(H,26,28,29);3,5,7H,1,4,6H2,2H3;1-2H3;2H2,1H3/b17-9-,18-10+;8-5+;;. The number of unbranched alkanes of at least 4 members (excludes halogenated alkanes) is 1. The molecule has 1 amide bonds. The van der Waals surface area contributed by atoms with Crippen LogP contribution in [0.1, 0.15) is 69.0 Å². The van der Waals surface area contributed by atoms with Crippen molar-refractivity contribution in [2.24, 2.45) is 22.9 Å². The Morgan fingerprint density at radius 3 is 2.35 bits per heavy atom. The molecule has 11 heteroatoms. The SMILES string of the molecule is C=C/C=C(\CC)CC=O.CC.CN.CN/C(N)=C/C=C(\N)CCCCc1nnc(NC(=O)Cc2cccc(CCN)c2)s1. The van der Waals surface area contributed by atoms with Crippen molar-refractivity contribution in [3.8, 4) is 0 Å². The summed E-state index contributed by atoms with van der Waals surface area (Å²) in [5, 5.41) is 15.3. The van der Waals surface area contributed by atoms with E-state index in [0.717, 1.165) is 72.2 Å². The number of aldehydes is 1. The smallest absolute Gasteiger partial charge is 0.230 e. The van der Waals surface area contributed by atoms with E-state index in [4.69, 9.17) is 17.2 Å². The molecule has 0 aliphatic heterocycles. The monoisotopic (exact) mass is 614 g/mol. The molecule has 1 aromatic heterocycles. The molecule has 0 fully saturated rings. The van der Waals surface area contributed by atoms with E-state index in [1.54, 1.807) is 19.2 Å². The van der Waals surface area contributed by atoms with Crippen LogP contribution in [0.4, 0.5) is 5.13 Å². The number of rotatable bonds is 16. The number of nitrogens with zero attached hydrogens (tertiary/aromatic N) is 2. The fourth-order valence-corrected chi connectivity index (χ4v) is 4.19. The van der Waals surface area contributed by atoms with Crippen molar-refractivity contribution in [2.45, 2.75) is 72.1 Å². The van der Waals surface area contributed by atoms with Crippen molar-refractivity contribution in [1.82, 2.24) is 15.5 Å². The maximum Gasteiger partial charge on any atom is 0.230 e. The molecule has 240 valence electrons. The van der Waals surface area contributed by atoms with Gasteiger partial charge in [0.1, 0.15) is 11.3 Å². The number of nitrogens with one attached hydrogen (secondary N) is 2. The van der Waals surface area contributed by atoms with Gasteiger partial charge in [-0.25, -0.2) is 0 Å². The van der Waals surface area contributed by atoms with E-state index in [1.807, 2.05) is 57.2 Å². The lowest BCUT2D eigenvalue weighted by Crippen LogP contribution is -2.14. The second kappa shape index (κ2) is 28.3. The van der Waals surface area contributed by atoms with Crippen molar-refractivity contribution < 1.29 is 9.59 Å². The van der Waals surface area contributed by atoms with Crippen molar-refractivity contribution in [2.75, 3.05) is 26.0 Å². The largest absolute Gasteiger partial charge is 0.402 e. The van der Waals surface area contributed by atoms with Crippen LogP contribution in [0.2, 0.25) is 0 Å². The number of hydrogen-bond acceptors (Lipinski definition) is 10. The summed E-state index contributed by atoms with van der Waals surface area (Å²) in [4.78, 5) is 22.3. The minimum Gasteiger partial charge on any atom is -0.402 e. The molecule has 0 saturated carbocycles. The summed E-state index contributed by atoms with van der Waals surface area (Å²) >= 11 is 1.41. The van der Waals surface area contributed by atoms with Crippen LogP contribution in [0.15, 0.2) is 72.2 Å². The fraction of sp³-hybridized carbons (Fsp3) is 0.438. The summed E-state index contributed by atoms with van der Waals surface area (Å²) in [7, 11) is 3.26. The van der Waals surface area contributed by atoms with Crippen LogP contribution < -0.4 is 33.6 Å². The third-order valence-electron chi connectivity index (χ3n) is 5.53.